The second kappa shape index (κ2) is 15.6. The van der Waals surface area contributed by atoms with Crippen molar-refractivity contribution in [1.29, 1.82) is 0 Å². The van der Waals surface area contributed by atoms with Gasteiger partial charge in [0.25, 0.3) is 5.91 Å². The molecule has 3 atom stereocenters. The maximum atomic E-state index is 16.4. The monoisotopic (exact) mass is 812 g/mol. The molecule has 0 unspecified atom stereocenters. The lowest BCUT2D eigenvalue weighted by molar-refractivity contribution is -0.136. The molecule has 1 spiro atoms. The van der Waals surface area contributed by atoms with Crippen molar-refractivity contribution in [3.05, 3.63) is 118 Å². The first-order chi connectivity index (χ1) is 29.2. The molecule has 10 nitrogen and oxygen atoms in total. The van der Waals surface area contributed by atoms with Crippen LogP contribution in [0.4, 0.5) is 10.1 Å². The summed E-state index contributed by atoms with van der Waals surface area (Å²) < 4.78 is 28.7. The highest BCUT2D eigenvalue weighted by atomic mass is 19.1. The number of rotatable bonds is 8. The Hall–Kier alpha value is -5.42. The number of hydrogen-bond acceptors (Lipinski definition) is 8. The number of amides is 3. The lowest BCUT2D eigenvalue weighted by atomic mass is 9.69. The molecule has 6 aliphatic rings. The van der Waals surface area contributed by atoms with E-state index >= 15 is 4.39 Å². The molecule has 2 N–H and O–H groups in total. The van der Waals surface area contributed by atoms with Crippen LogP contribution in [0.2, 0.25) is 0 Å². The zero-order chi connectivity index (χ0) is 41.1. The highest BCUT2D eigenvalue weighted by molar-refractivity contribution is 6.05. The van der Waals surface area contributed by atoms with Crippen LogP contribution in [0.5, 0.6) is 17.2 Å². The van der Waals surface area contributed by atoms with Gasteiger partial charge in [-0.1, -0.05) is 36.4 Å². The number of nitrogens with one attached hydrogen (secondary N) is 1. The van der Waals surface area contributed by atoms with Gasteiger partial charge in [-0.3, -0.25) is 19.7 Å². The topological polar surface area (TPSA) is 112 Å². The Bertz CT molecular complexity index is 2340. The standard InChI is InChI=1S/C49H53FN4O6/c1-59-43-27-42(40(50)25-38(43)46-35(31-5-3-2-4-6-31)9-7-32-23-34(55)8-10-36(32)46)53-19-14-30(15-20-53)13-18-52-21-16-49(17-22-52)29-60-44-26-37-33(24-39(44)49)28-54(48(37)58)41-11-12-45(56)51-47(41)57/h2-6,8,10,23-27,30,35,41,46,55H,7,9,11-22,28-29H2,1H3,(H,51,56,57)/t35-,41+,46+/m1/s1. The number of aromatic hydroxyl groups is 1. The summed E-state index contributed by atoms with van der Waals surface area (Å²) in [5.41, 5.74) is 7.53. The Kier molecular flexibility index (Phi) is 10.1. The second-order valence-corrected chi connectivity index (χ2v) is 18.0. The van der Waals surface area contributed by atoms with Gasteiger partial charge in [-0.25, -0.2) is 4.39 Å². The molecule has 3 saturated heterocycles. The average molecular weight is 813 g/mol. The van der Waals surface area contributed by atoms with E-state index in [2.05, 4.69) is 45.4 Å². The number of piperidine rings is 3. The molecule has 5 heterocycles. The third-order valence-corrected chi connectivity index (χ3v) is 14.8. The third kappa shape index (κ3) is 6.88. The van der Waals surface area contributed by atoms with Gasteiger partial charge in [0.15, 0.2) is 0 Å². The molecule has 60 heavy (non-hydrogen) atoms. The highest BCUT2D eigenvalue weighted by Crippen LogP contribution is 2.51. The zero-order valence-electron chi connectivity index (χ0n) is 34.3. The van der Waals surface area contributed by atoms with E-state index in [4.69, 9.17) is 9.47 Å². The van der Waals surface area contributed by atoms with E-state index in [0.717, 1.165) is 106 Å². The number of phenols is 1. The Labute approximate surface area is 350 Å². The summed E-state index contributed by atoms with van der Waals surface area (Å²) in [5, 5.41) is 12.7. The fraction of sp³-hybridized carbons (Fsp3) is 0.449. The predicted molar refractivity (Wildman–Crippen MR) is 225 cm³/mol. The van der Waals surface area contributed by atoms with Crippen LogP contribution < -0.4 is 19.7 Å². The van der Waals surface area contributed by atoms with Crippen LogP contribution in [0.25, 0.3) is 0 Å². The summed E-state index contributed by atoms with van der Waals surface area (Å²) in [6, 6.07) is 23.1. The van der Waals surface area contributed by atoms with Crippen LogP contribution in [0.15, 0.2) is 72.8 Å². The van der Waals surface area contributed by atoms with Gasteiger partial charge in [0.1, 0.15) is 29.1 Å². The van der Waals surface area contributed by atoms with Crippen molar-refractivity contribution in [3.63, 3.8) is 0 Å². The van der Waals surface area contributed by atoms with E-state index in [-0.39, 0.29) is 47.1 Å². The van der Waals surface area contributed by atoms with Gasteiger partial charge in [0.2, 0.25) is 11.8 Å². The molecule has 0 bridgehead atoms. The number of imide groups is 1. The van der Waals surface area contributed by atoms with Crippen LogP contribution in [0.3, 0.4) is 0 Å². The lowest BCUT2D eigenvalue weighted by Gasteiger charge is -2.40. The molecule has 3 amide bonds. The van der Waals surface area contributed by atoms with Crippen LogP contribution in [-0.2, 0) is 28.0 Å². The SMILES string of the molecule is COc1cc(N2CCC(CCN3CCC4(CC3)COc3cc5c(cc34)CN([C@H]3CCC(=O)NC3=O)C5=O)CC2)c(F)cc1[C@@H]1c2ccc(O)cc2CC[C@@H]1c1ccccc1. The van der Waals surface area contributed by atoms with Crippen molar-refractivity contribution in [3.8, 4) is 17.2 Å². The van der Waals surface area contributed by atoms with Crippen molar-refractivity contribution in [2.24, 2.45) is 5.92 Å². The summed E-state index contributed by atoms with van der Waals surface area (Å²) in [5.74, 6) is 1.29. The number of phenolic OH excluding ortho intramolecular Hbond substituents is 1. The molecule has 0 saturated carbocycles. The number of ether oxygens (including phenoxy) is 2. The van der Waals surface area contributed by atoms with E-state index in [1.54, 1.807) is 24.1 Å². The molecule has 10 rings (SSSR count). The van der Waals surface area contributed by atoms with Crippen molar-refractivity contribution in [1.82, 2.24) is 15.1 Å². The third-order valence-electron chi connectivity index (χ3n) is 14.8. The summed E-state index contributed by atoms with van der Waals surface area (Å²) in [4.78, 5) is 44.1. The lowest BCUT2D eigenvalue weighted by Crippen LogP contribution is -2.52. The molecule has 4 aromatic carbocycles. The number of carbonyl (C=O) groups excluding carboxylic acids is 3. The van der Waals surface area contributed by atoms with Gasteiger partial charge < -0.3 is 29.3 Å². The first-order valence-electron chi connectivity index (χ1n) is 21.8. The molecule has 5 aliphatic heterocycles. The van der Waals surface area contributed by atoms with Gasteiger partial charge in [0.05, 0.1) is 19.4 Å². The minimum absolute atomic E-state index is 0.0796. The zero-order valence-corrected chi connectivity index (χ0v) is 34.3. The van der Waals surface area contributed by atoms with Crippen LogP contribution in [0, 0.1) is 11.7 Å². The fourth-order valence-electron chi connectivity index (χ4n) is 11.3. The summed E-state index contributed by atoms with van der Waals surface area (Å²) in [7, 11) is 1.68. The maximum absolute atomic E-state index is 16.4. The second-order valence-electron chi connectivity index (χ2n) is 18.0. The molecule has 312 valence electrons. The van der Waals surface area contributed by atoms with Crippen LogP contribution in [-0.4, -0.2) is 85.1 Å². The Morgan fingerprint density at radius 1 is 0.883 bits per heavy atom. The van der Waals surface area contributed by atoms with Crippen LogP contribution >= 0.6 is 0 Å². The number of nitrogens with zero attached hydrogens (tertiary/aromatic N) is 3. The van der Waals surface area contributed by atoms with Gasteiger partial charge in [-0.15, -0.1) is 0 Å². The Balaban J connectivity index is 0.762. The van der Waals surface area contributed by atoms with E-state index < -0.39 is 11.9 Å². The molecular formula is C49H53FN4O6. The Morgan fingerprint density at radius 3 is 2.45 bits per heavy atom. The molecule has 3 fully saturated rings. The van der Waals surface area contributed by atoms with Crippen molar-refractivity contribution < 1.29 is 33.4 Å². The van der Waals surface area contributed by atoms with E-state index in [1.165, 1.54) is 11.1 Å². The number of aryl methyl sites for hydroxylation is 1. The summed E-state index contributed by atoms with van der Waals surface area (Å²) >= 11 is 0. The normalized spacial score (nSPS) is 23.9. The smallest absolute Gasteiger partial charge is 0.255 e. The molecule has 1 aliphatic carbocycles. The first kappa shape index (κ1) is 38.8. The van der Waals surface area contributed by atoms with E-state index in [9.17, 15) is 19.5 Å². The molecule has 11 heteroatoms. The molecule has 0 radical (unpaired) electrons. The number of likely N-dealkylation sites (tertiary alicyclic amines) is 1. The molecular weight excluding hydrogens is 760 g/mol. The number of halogens is 1. The predicted octanol–water partition coefficient (Wildman–Crippen LogP) is 7.20. The van der Waals surface area contributed by atoms with Gasteiger partial charge in [-0.05, 0) is 135 Å². The number of carbonyl (C=O) groups is 3. The highest BCUT2D eigenvalue weighted by Gasteiger charge is 2.46. The van der Waals surface area contributed by atoms with Crippen molar-refractivity contribution in [2.75, 3.05) is 51.3 Å². The van der Waals surface area contributed by atoms with E-state index in [1.807, 2.05) is 30.3 Å². The summed E-state index contributed by atoms with van der Waals surface area (Å²) in [6.07, 6.45) is 7.44. The number of methoxy groups -OCH3 is 1. The average Bonchev–Trinajstić information content (AvgIpc) is 3.77. The number of hydrogen-bond donors (Lipinski definition) is 2. The Morgan fingerprint density at radius 2 is 1.68 bits per heavy atom. The fourth-order valence-corrected chi connectivity index (χ4v) is 11.3. The van der Waals surface area contributed by atoms with Crippen molar-refractivity contribution >= 4 is 23.4 Å². The first-order valence-corrected chi connectivity index (χ1v) is 21.8. The maximum Gasteiger partial charge on any atom is 0.255 e. The van der Waals surface area contributed by atoms with Crippen LogP contribution in [0.1, 0.15) is 107 Å². The number of benzene rings is 4. The van der Waals surface area contributed by atoms with Gasteiger partial charge in [0, 0.05) is 60.1 Å². The number of anilines is 1. The van der Waals surface area contributed by atoms with Gasteiger partial charge >= 0.3 is 0 Å². The minimum atomic E-state index is -0.629. The minimum Gasteiger partial charge on any atom is -0.508 e. The quantitative estimate of drug-likeness (QED) is 0.180. The number of fused-ring (bicyclic) bond motifs is 4. The molecule has 0 aromatic heterocycles. The summed E-state index contributed by atoms with van der Waals surface area (Å²) in [6.45, 7) is 5.59. The largest absolute Gasteiger partial charge is 0.508 e. The van der Waals surface area contributed by atoms with Gasteiger partial charge in [-0.2, -0.15) is 0 Å². The van der Waals surface area contributed by atoms with Crippen molar-refractivity contribution in [2.45, 2.75) is 87.6 Å². The molecule has 4 aromatic rings. The van der Waals surface area contributed by atoms with E-state index in [0.29, 0.717) is 42.5 Å².